The van der Waals surface area contributed by atoms with E-state index in [4.69, 9.17) is 9.84 Å². The van der Waals surface area contributed by atoms with E-state index < -0.39 is 0 Å². The summed E-state index contributed by atoms with van der Waals surface area (Å²) in [6.45, 7) is 4.63. The summed E-state index contributed by atoms with van der Waals surface area (Å²) in [6.07, 6.45) is -0.116. The van der Waals surface area contributed by atoms with Crippen molar-refractivity contribution in [2.24, 2.45) is 0 Å². The van der Waals surface area contributed by atoms with E-state index in [-0.39, 0.29) is 18.3 Å². The van der Waals surface area contributed by atoms with E-state index in [2.05, 4.69) is 0 Å². The Morgan fingerprint density at radius 3 is 2.75 bits per heavy atom. The van der Waals surface area contributed by atoms with Gasteiger partial charge in [0.2, 0.25) is 0 Å². The summed E-state index contributed by atoms with van der Waals surface area (Å²) in [5.74, 6) is 0. The Labute approximate surface area is 72.1 Å². The highest BCUT2D eigenvalue weighted by Crippen LogP contribution is 2.10. The first-order valence-electron chi connectivity index (χ1n) is 4.23. The van der Waals surface area contributed by atoms with Gasteiger partial charge in [-0.05, 0) is 20.3 Å². The highest BCUT2D eigenvalue weighted by molar-refractivity contribution is 5.68. The van der Waals surface area contributed by atoms with E-state index in [9.17, 15) is 4.79 Å². The molecule has 1 N–H and O–H groups in total. The van der Waals surface area contributed by atoms with Crippen LogP contribution in [0.25, 0.3) is 0 Å². The highest BCUT2D eigenvalue weighted by atomic mass is 16.6. The van der Waals surface area contributed by atoms with Crippen LogP contribution < -0.4 is 0 Å². The number of likely N-dealkylation sites (tertiary alicyclic amines) is 1. The predicted molar refractivity (Wildman–Crippen MR) is 43.8 cm³/mol. The van der Waals surface area contributed by atoms with Gasteiger partial charge in [-0.3, -0.25) is 0 Å². The van der Waals surface area contributed by atoms with Crippen LogP contribution in [0.3, 0.4) is 0 Å². The molecule has 12 heavy (non-hydrogen) atoms. The molecule has 1 atom stereocenters. The molecule has 1 unspecified atom stereocenters. The highest BCUT2D eigenvalue weighted by Gasteiger charge is 2.25. The minimum atomic E-state index is -0.371. The first kappa shape index (κ1) is 9.32. The fourth-order valence-electron chi connectivity index (χ4n) is 1.18. The summed E-state index contributed by atoms with van der Waals surface area (Å²) in [6, 6.07) is 0. The van der Waals surface area contributed by atoms with Crippen molar-refractivity contribution in [3.8, 4) is 0 Å². The molecular weight excluding hydrogens is 158 g/mol. The molecule has 0 aromatic heterocycles. The normalized spacial score (nSPS) is 23.3. The van der Waals surface area contributed by atoms with Gasteiger partial charge in [-0.2, -0.15) is 0 Å². The van der Waals surface area contributed by atoms with Crippen LogP contribution in [-0.2, 0) is 4.74 Å². The minimum Gasteiger partial charge on any atom is -0.447 e. The Hall–Kier alpha value is -0.770. The van der Waals surface area contributed by atoms with E-state index >= 15 is 0 Å². The average molecular weight is 173 g/mol. The second kappa shape index (κ2) is 3.76. The Kier molecular flexibility index (Phi) is 2.92. The first-order valence-corrected chi connectivity index (χ1v) is 4.23. The third-order valence-electron chi connectivity index (χ3n) is 1.76. The number of nitrogens with zero attached hydrogens (tertiary/aromatic N) is 1. The maximum Gasteiger partial charge on any atom is 0.410 e. The van der Waals surface area contributed by atoms with E-state index in [1.807, 2.05) is 13.8 Å². The molecule has 1 rings (SSSR count). The number of carbonyl (C=O) groups excluding carboxylic acids is 1. The zero-order valence-corrected chi connectivity index (χ0v) is 7.49. The van der Waals surface area contributed by atoms with Gasteiger partial charge in [0.05, 0.1) is 12.2 Å². The van der Waals surface area contributed by atoms with Crippen LogP contribution in [0.2, 0.25) is 0 Å². The fourth-order valence-corrected chi connectivity index (χ4v) is 1.18. The number of ether oxygens (including phenoxy) is 1. The molecule has 1 aliphatic heterocycles. The second-order valence-electron chi connectivity index (χ2n) is 3.32. The standard InChI is InChI=1S/C8H15NO3/c1-6(2)12-8(11)9-4-3-7(10)5-9/h6-7,10H,3-5H2,1-2H3. The van der Waals surface area contributed by atoms with Gasteiger partial charge >= 0.3 is 6.09 Å². The zero-order chi connectivity index (χ0) is 9.14. The van der Waals surface area contributed by atoms with Crippen molar-refractivity contribution < 1.29 is 14.6 Å². The van der Waals surface area contributed by atoms with Crippen molar-refractivity contribution in [1.29, 1.82) is 0 Å². The first-order chi connectivity index (χ1) is 5.59. The number of aliphatic hydroxyl groups is 1. The van der Waals surface area contributed by atoms with Crippen molar-refractivity contribution in [1.82, 2.24) is 4.90 Å². The van der Waals surface area contributed by atoms with Gasteiger partial charge in [0, 0.05) is 13.1 Å². The molecule has 1 aliphatic rings. The summed E-state index contributed by atoms with van der Waals surface area (Å²) < 4.78 is 4.96. The quantitative estimate of drug-likeness (QED) is 0.631. The van der Waals surface area contributed by atoms with Crippen molar-refractivity contribution in [2.75, 3.05) is 13.1 Å². The number of carbonyl (C=O) groups is 1. The van der Waals surface area contributed by atoms with Crippen LogP contribution in [-0.4, -0.2) is 41.4 Å². The number of aliphatic hydroxyl groups excluding tert-OH is 1. The average Bonchev–Trinajstić information content (AvgIpc) is 2.34. The van der Waals surface area contributed by atoms with E-state index in [1.54, 1.807) is 0 Å². The van der Waals surface area contributed by atoms with E-state index in [0.29, 0.717) is 19.5 Å². The maximum absolute atomic E-state index is 11.2. The lowest BCUT2D eigenvalue weighted by Crippen LogP contribution is -2.31. The molecule has 0 aromatic carbocycles. The molecule has 1 heterocycles. The van der Waals surface area contributed by atoms with Gasteiger partial charge in [-0.1, -0.05) is 0 Å². The Morgan fingerprint density at radius 2 is 2.33 bits per heavy atom. The molecular formula is C8H15NO3. The van der Waals surface area contributed by atoms with Gasteiger partial charge in [-0.15, -0.1) is 0 Å². The maximum atomic E-state index is 11.2. The molecule has 0 bridgehead atoms. The minimum absolute atomic E-state index is 0.0877. The molecule has 70 valence electrons. The zero-order valence-electron chi connectivity index (χ0n) is 7.49. The Bertz CT molecular complexity index is 170. The fraction of sp³-hybridized carbons (Fsp3) is 0.875. The number of hydrogen-bond donors (Lipinski definition) is 1. The predicted octanol–water partition coefficient (Wildman–Crippen LogP) is 0.598. The largest absolute Gasteiger partial charge is 0.447 e. The molecule has 1 saturated heterocycles. The van der Waals surface area contributed by atoms with Gasteiger partial charge < -0.3 is 14.7 Å². The molecule has 0 radical (unpaired) electrons. The van der Waals surface area contributed by atoms with Gasteiger partial charge in [0.25, 0.3) is 0 Å². The lowest BCUT2D eigenvalue weighted by atomic mass is 10.3. The molecule has 1 amide bonds. The number of hydrogen-bond acceptors (Lipinski definition) is 3. The number of amides is 1. The Balaban J connectivity index is 2.33. The summed E-state index contributed by atoms with van der Waals surface area (Å²) in [7, 11) is 0. The van der Waals surface area contributed by atoms with E-state index in [1.165, 1.54) is 4.90 Å². The van der Waals surface area contributed by atoms with Gasteiger partial charge in [-0.25, -0.2) is 4.79 Å². The summed E-state index contributed by atoms with van der Waals surface area (Å²) in [5, 5.41) is 9.13. The molecule has 1 fully saturated rings. The topological polar surface area (TPSA) is 49.8 Å². The molecule has 4 heteroatoms. The van der Waals surface area contributed by atoms with Crippen molar-refractivity contribution >= 4 is 6.09 Å². The molecule has 0 spiro atoms. The van der Waals surface area contributed by atoms with Crippen LogP contribution >= 0.6 is 0 Å². The molecule has 4 nitrogen and oxygen atoms in total. The van der Waals surface area contributed by atoms with Crippen LogP contribution in [0.15, 0.2) is 0 Å². The third kappa shape index (κ3) is 2.37. The molecule has 0 aliphatic carbocycles. The van der Waals surface area contributed by atoms with Crippen LogP contribution in [0.1, 0.15) is 20.3 Å². The van der Waals surface area contributed by atoms with E-state index in [0.717, 1.165) is 0 Å². The van der Waals surface area contributed by atoms with Crippen molar-refractivity contribution in [3.05, 3.63) is 0 Å². The molecule has 0 aromatic rings. The Morgan fingerprint density at radius 1 is 1.67 bits per heavy atom. The van der Waals surface area contributed by atoms with Gasteiger partial charge in [0.15, 0.2) is 0 Å². The van der Waals surface area contributed by atoms with Crippen LogP contribution in [0, 0.1) is 0 Å². The van der Waals surface area contributed by atoms with Gasteiger partial charge in [0.1, 0.15) is 0 Å². The monoisotopic (exact) mass is 173 g/mol. The van der Waals surface area contributed by atoms with Crippen LogP contribution in [0.5, 0.6) is 0 Å². The third-order valence-corrected chi connectivity index (χ3v) is 1.76. The second-order valence-corrected chi connectivity index (χ2v) is 3.32. The van der Waals surface area contributed by atoms with Crippen LogP contribution in [0.4, 0.5) is 4.79 Å². The molecule has 0 saturated carbocycles. The summed E-state index contributed by atoms with van der Waals surface area (Å²) in [5.41, 5.74) is 0. The summed E-state index contributed by atoms with van der Waals surface area (Å²) in [4.78, 5) is 12.7. The lowest BCUT2D eigenvalue weighted by molar-refractivity contribution is 0.0784. The summed E-state index contributed by atoms with van der Waals surface area (Å²) >= 11 is 0. The number of β-amino-alcohol motifs (C(OH)–C–C–N with tert-alkyl or cyclic N) is 1. The lowest BCUT2D eigenvalue weighted by Gasteiger charge is -2.17. The SMILES string of the molecule is CC(C)OC(=O)N1CCC(O)C1. The van der Waals surface area contributed by atoms with Crippen molar-refractivity contribution in [3.63, 3.8) is 0 Å². The van der Waals surface area contributed by atoms with Crippen molar-refractivity contribution in [2.45, 2.75) is 32.5 Å². The smallest absolute Gasteiger partial charge is 0.410 e. The number of rotatable bonds is 1.